The maximum atomic E-state index is 11.9. The average Bonchev–Trinajstić information content (AvgIpc) is 2.22. The second-order valence-corrected chi connectivity index (χ2v) is 3.74. The van der Waals surface area contributed by atoms with E-state index in [4.69, 9.17) is 33.1 Å². The first-order valence-electron chi connectivity index (χ1n) is 4.62. The summed E-state index contributed by atoms with van der Waals surface area (Å²) in [6.45, 7) is 2.50. The predicted molar refractivity (Wildman–Crippen MR) is 67.9 cm³/mol. The fourth-order valence-electron chi connectivity index (χ4n) is 0.836. The zero-order valence-corrected chi connectivity index (χ0v) is 14.6. The Morgan fingerprint density at radius 3 is 2.19 bits per heavy atom. The maximum absolute atomic E-state index is 11.9. The molecule has 0 spiro atoms. The topological polar surface area (TPSA) is 88.5 Å². The summed E-state index contributed by atoms with van der Waals surface area (Å²) in [6.07, 6.45) is 0. The number of nitrogens with one attached hydrogen (secondary N) is 1. The Morgan fingerprint density at radius 1 is 1.33 bits per heavy atom. The molecule has 0 aliphatic carbocycles. The van der Waals surface area contributed by atoms with Gasteiger partial charge in [0, 0.05) is 32.7 Å². The number of carbonyl (C=O) groups excluding carboxylic acids is 1. The molecule has 11 heteroatoms. The van der Waals surface area contributed by atoms with Crippen LogP contribution in [0.5, 0.6) is 5.88 Å². The first kappa shape index (κ1) is 22.5. The normalized spacial score (nSPS) is 9.00. The molecule has 0 saturated carbocycles. The summed E-state index contributed by atoms with van der Waals surface area (Å²) in [5.41, 5.74) is 0. The summed E-state index contributed by atoms with van der Waals surface area (Å²) in [4.78, 5) is 23.0. The summed E-state index contributed by atoms with van der Waals surface area (Å²) in [5.74, 6) is -2.45. The molecular formula is C10H8Cl2F2N2O4Y-2. The van der Waals surface area contributed by atoms with Gasteiger partial charge in [0.25, 0.3) is 0 Å². The predicted octanol–water partition coefficient (Wildman–Crippen LogP) is 2.66. The molecule has 115 valence electrons. The Balaban J connectivity index is 0. The summed E-state index contributed by atoms with van der Waals surface area (Å²) >= 11 is 11.2. The van der Waals surface area contributed by atoms with Gasteiger partial charge >= 0.3 is 6.61 Å². The number of nitrogens with zero attached hydrogens (tertiary/aromatic N) is 1. The number of hydrogen-bond acceptors (Lipinski definition) is 4. The van der Waals surface area contributed by atoms with Crippen molar-refractivity contribution < 1.29 is 60.9 Å². The number of carboxylic acid groups (broad SMARTS) is 1. The Bertz CT molecular complexity index is 502. The molecule has 2 N–H and O–H groups in total. The molecule has 0 saturated heterocycles. The number of pyridine rings is 1. The molecule has 0 bridgehead atoms. The third kappa shape index (κ3) is 10.5. The molecule has 6 nitrogen and oxygen atoms in total. The van der Waals surface area contributed by atoms with Crippen molar-refractivity contribution in [2.24, 2.45) is 0 Å². The molecule has 21 heavy (non-hydrogen) atoms. The van der Waals surface area contributed by atoms with Crippen LogP contribution in [0.3, 0.4) is 0 Å². The van der Waals surface area contributed by atoms with E-state index in [0.29, 0.717) is 0 Å². The number of ether oxygens (including phenoxy) is 1. The van der Waals surface area contributed by atoms with Gasteiger partial charge in [0.15, 0.2) is 11.8 Å². The van der Waals surface area contributed by atoms with Gasteiger partial charge in [-0.05, 0) is 6.07 Å². The molecule has 0 aromatic carbocycles. The van der Waals surface area contributed by atoms with Crippen LogP contribution in [-0.4, -0.2) is 28.6 Å². The zero-order valence-electron chi connectivity index (χ0n) is 10.3. The molecular weight excluding hydrogens is 410 g/mol. The third-order valence-corrected chi connectivity index (χ3v) is 1.91. The van der Waals surface area contributed by atoms with E-state index in [1.807, 2.05) is 0 Å². The average molecular weight is 418 g/mol. The van der Waals surface area contributed by atoms with Gasteiger partial charge in [0.2, 0.25) is 5.88 Å². The second-order valence-electron chi connectivity index (χ2n) is 2.93. The van der Waals surface area contributed by atoms with Crippen LogP contribution in [0.2, 0.25) is 10.0 Å². The number of alkyl halides is 2. The minimum absolute atomic E-state index is 0. The minimum Gasteiger partial charge on any atom is -0.503 e. The van der Waals surface area contributed by atoms with Gasteiger partial charge in [-0.1, -0.05) is 23.2 Å². The number of anilines is 1. The number of rotatable bonds is 3. The second kappa shape index (κ2) is 10.8. The number of aliphatic carboxylic acids is 1. The minimum atomic E-state index is -3.07. The van der Waals surface area contributed by atoms with Crippen LogP contribution in [0.25, 0.3) is 0 Å². The number of carbonyl (C=O) groups is 2. The summed E-state index contributed by atoms with van der Waals surface area (Å²) in [6, 6.07) is 1.12. The van der Waals surface area contributed by atoms with Crippen molar-refractivity contribution in [3.8, 4) is 5.88 Å². The van der Waals surface area contributed by atoms with Gasteiger partial charge in [-0.25, -0.2) is 0 Å². The van der Waals surface area contributed by atoms with E-state index in [-0.39, 0.29) is 48.6 Å². The van der Waals surface area contributed by atoms with E-state index >= 15 is 0 Å². The molecule has 0 atom stereocenters. The molecule has 0 aliphatic rings. The smallest absolute Gasteiger partial charge is 0.388 e. The SMILES string of the molecule is [CH2-]C(=O)Nc1nc(OC(F)F)c(Cl)cc1Cl.[CH2-]C(=O)O.[Y]. The van der Waals surface area contributed by atoms with Crippen molar-refractivity contribution in [1.29, 1.82) is 0 Å². The first-order valence-corrected chi connectivity index (χ1v) is 5.37. The quantitative estimate of drug-likeness (QED) is 0.738. The van der Waals surface area contributed by atoms with E-state index in [1.54, 1.807) is 0 Å². The van der Waals surface area contributed by atoms with Gasteiger partial charge in [-0.2, -0.15) is 13.8 Å². The van der Waals surface area contributed by atoms with Crippen LogP contribution in [0, 0.1) is 13.8 Å². The van der Waals surface area contributed by atoms with Gasteiger partial charge in [-0.3, -0.25) is 11.7 Å². The van der Waals surface area contributed by atoms with Crippen molar-refractivity contribution in [2.75, 3.05) is 5.32 Å². The Morgan fingerprint density at radius 2 is 1.81 bits per heavy atom. The fraction of sp³-hybridized carbons (Fsp3) is 0.100. The van der Waals surface area contributed by atoms with Gasteiger partial charge < -0.3 is 26.9 Å². The van der Waals surface area contributed by atoms with Gasteiger partial charge in [0.05, 0.1) is 10.9 Å². The van der Waals surface area contributed by atoms with Crippen molar-refractivity contribution in [2.45, 2.75) is 6.61 Å². The summed E-state index contributed by atoms with van der Waals surface area (Å²) < 4.78 is 27.9. The van der Waals surface area contributed by atoms with E-state index in [1.165, 1.54) is 0 Å². The molecule has 1 aromatic heterocycles. The standard InChI is InChI=1S/C8H5Cl2F2N2O2.C2H3O2.Y/c1-3(15)13-6-4(9)2-5(10)7(14-6)16-8(11)12;1-2(3)4;/h2,8H,1H2,(H,13,14,15);1H2,(H,3,4);/q2*-1;. The molecule has 1 aromatic rings. The summed E-state index contributed by atoms with van der Waals surface area (Å²) in [5, 5.41) is 9.24. The third-order valence-electron chi connectivity index (χ3n) is 1.36. The number of aromatic nitrogens is 1. The van der Waals surface area contributed by atoms with E-state index < -0.39 is 24.4 Å². The Labute approximate surface area is 154 Å². The van der Waals surface area contributed by atoms with Gasteiger partial charge in [0.1, 0.15) is 5.02 Å². The van der Waals surface area contributed by atoms with Crippen LogP contribution < -0.4 is 10.1 Å². The number of halogens is 4. The zero-order chi connectivity index (χ0) is 15.9. The Hall–Kier alpha value is -0.826. The van der Waals surface area contributed by atoms with Crippen molar-refractivity contribution in [3.05, 3.63) is 30.0 Å². The maximum Gasteiger partial charge on any atom is 0.388 e. The number of amides is 1. The van der Waals surface area contributed by atoms with Crippen molar-refractivity contribution >= 4 is 40.9 Å². The molecule has 1 heterocycles. The van der Waals surface area contributed by atoms with E-state index in [9.17, 15) is 13.6 Å². The van der Waals surface area contributed by atoms with Crippen LogP contribution in [-0.2, 0) is 42.3 Å². The van der Waals surface area contributed by atoms with Crippen LogP contribution >= 0.6 is 23.2 Å². The largest absolute Gasteiger partial charge is 0.503 e. The van der Waals surface area contributed by atoms with Crippen molar-refractivity contribution in [1.82, 2.24) is 4.98 Å². The van der Waals surface area contributed by atoms with E-state index in [2.05, 4.69) is 28.9 Å². The monoisotopic (exact) mass is 417 g/mol. The number of carboxylic acids is 1. The van der Waals surface area contributed by atoms with Crippen molar-refractivity contribution in [3.63, 3.8) is 0 Å². The first-order chi connectivity index (χ1) is 9.13. The van der Waals surface area contributed by atoms with Crippen LogP contribution in [0.1, 0.15) is 0 Å². The van der Waals surface area contributed by atoms with Crippen LogP contribution in [0.15, 0.2) is 6.07 Å². The Kier molecular flexibility index (Phi) is 11.6. The fourth-order valence-corrected chi connectivity index (χ4v) is 1.29. The molecule has 1 radical (unpaired) electrons. The summed E-state index contributed by atoms with van der Waals surface area (Å²) in [7, 11) is 0. The van der Waals surface area contributed by atoms with Gasteiger partial charge in [-0.15, -0.1) is 0 Å². The molecule has 0 aliphatic heterocycles. The van der Waals surface area contributed by atoms with Crippen LogP contribution in [0.4, 0.5) is 14.6 Å². The molecule has 0 fully saturated rings. The van der Waals surface area contributed by atoms with E-state index in [0.717, 1.165) is 6.07 Å². The molecule has 0 unspecified atom stereocenters. The molecule has 1 rings (SSSR count). The number of hydrogen-bond donors (Lipinski definition) is 2. The molecule has 1 amide bonds.